The summed E-state index contributed by atoms with van der Waals surface area (Å²) in [5.74, 6) is -1.69. The van der Waals surface area contributed by atoms with Crippen molar-refractivity contribution in [1.29, 1.82) is 0 Å². The number of hydrogen-bond acceptors (Lipinski definition) is 8. The summed E-state index contributed by atoms with van der Waals surface area (Å²) in [5, 5.41) is 2.72. The van der Waals surface area contributed by atoms with Gasteiger partial charge in [0.05, 0.1) is 29.0 Å². The van der Waals surface area contributed by atoms with E-state index < -0.39 is 33.6 Å². The largest absolute Gasteiger partial charge is 0.497 e. The number of anilines is 2. The number of methoxy groups -OCH3 is 1. The topological polar surface area (TPSA) is 133 Å². The van der Waals surface area contributed by atoms with Crippen LogP contribution in [0.5, 0.6) is 5.75 Å². The van der Waals surface area contributed by atoms with Crippen LogP contribution in [-0.4, -0.2) is 65.9 Å². The Morgan fingerprint density at radius 1 is 1.09 bits per heavy atom. The van der Waals surface area contributed by atoms with Crippen molar-refractivity contribution in [1.82, 2.24) is 4.90 Å². The number of ether oxygens (including phenoxy) is 1. The maximum absolute atomic E-state index is 13.4. The molecule has 0 spiro atoms. The van der Waals surface area contributed by atoms with Gasteiger partial charge in [0.2, 0.25) is 5.91 Å². The van der Waals surface area contributed by atoms with E-state index >= 15 is 0 Å². The number of benzene rings is 2. The van der Waals surface area contributed by atoms with Gasteiger partial charge in [-0.2, -0.15) is 8.42 Å². The fourth-order valence-electron chi connectivity index (χ4n) is 3.62. The smallest absolute Gasteiger partial charge is 0.267 e. The van der Waals surface area contributed by atoms with Crippen LogP contribution in [-0.2, 0) is 24.5 Å². The highest BCUT2D eigenvalue weighted by Crippen LogP contribution is 2.44. The number of nitrogens with one attached hydrogen (secondary N) is 1. The maximum atomic E-state index is 13.4. The third-order valence-corrected chi connectivity index (χ3v) is 7.39. The Morgan fingerprint density at radius 3 is 2.43 bits per heavy atom. The van der Waals surface area contributed by atoms with Crippen molar-refractivity contribution in [3.8, 4) is 5.75 Å². The summed E-state index contributed by atoms with van der Waals surface area (Å²) in [6, 6.07) is 13.4. The van der Waals surface area contributed by atoms with E-state index in [1.165, 1.54) is 12.0 Å². The first-order valence-corrected chi connectivity index (χ1v) is 13.0. The molecule has 2 aromatic rings. The van der Waals surface area contributed by atoms with Gasteiger partial charge in [0.1, 0.15) is 16.6 Å². The highest BCUT2D eigenvalue weighted by atomic mass is 32.2. The molecule has 13 heteroatoms. The molecule has 0 aromatic heterocycles. The van der Waals surface area contributed by atoms with Crippen molar-refractivity contribution in [2.45, 2.75) is 0 Å². The molecule has 3 amide bonds. The van der Waals surface area contributed by atoms with Gasteiger partial charge < -0.3 is 10.1 Å². The molecule has 1 saturated heterocycles. The molecule has 10 nitrogen and oxygen atoms in total. The molecule has 0 bridgehead atoms. The van der Waals surface area contributed by atoms with Crippen molar-refractivity contribution < 1.29 is 32.1 Å². The van der Waals surface area contributed by atoms with Gasteiger partial charge >= 0.3 is 0 Å². The number of carbonyl (C=O) groups excluding carboxylic acids is 3. The second kappa shape index (κ2) is 9.77. The predicted octanol–water partition coefficient (Wildman–Crippen LogP) is 2.14. The van der Waals surface area contributed by atoms with E-state index in [0.717, 1.165) is 16.7 Å². The van der Waals surface area contributed by atoms with Gasteiger partial charge in [-0.25, -0.2) is 0 Å². The minimum Gasteiger partial charge on any atom is -0.497 e. The van der Waals surface area contributed by atoms with Gasteiger partial charge in [-0.1, -0.05) is 42.2 Å². The second-order valence-corrected chi connectivity index (χ2v) is 10.7. The van der Waals surface area contributed by atoms with Crippen LogP contribution in [0.3, 0.4) is 0 Å². The number of para-hydroxylation sites is 1. The number of rotatable bonds is 7. The second-order valence-electron chi connectivity index (χ2n) is 7.50. The Hall–Kier alpha value is -3.26. The molecule has 2 aromatic carbocycles. The molecule has 2 N–H and O–H groups in total. The van der Waals surface area contributed by atoms with Gasteiger partial charge in [0.25, 0.3) is 21.9 Å². The van der Waals surface area contributed by atoms with Crippen LogP contribution in [0.15, 0.2) is 53.4 Å². The Kier molecular flexibility index (Phi) is 6.94. The van der Waals surface area contributed by atoms with E-state index in [-0.39, 0.29) is 27.9 Å². The van der Waals surface area contributed by atoms with E-state index in [9.17, 15) is 22.8 Å². The number of thioether (sulfide) groups is 1. The molecule has 35 heavy (non-hydrogen) atoms. The van der Waals surface area contributed by atoms with Crippen molar-refractivity contribution in [3.05, 3.63) is 59.0 Å². The predicted molar refractivity (Wildman–Crippen MR) is 136 cm³/mol. The molecule has 0 saturated carbocycles. The number of fused-ring (bicyclic) bond motifs is 1. The summed E-state index contributed by atoms with van der Waals surface area (Å²) in [6.07, 6.45) is 0. The minimum atomic E-state index is -4.31. The van der Waals surface area contributed by atoms with Gasteiger partial charge in [-0.3, -0.25) is 28.7 Å². The lowest BCUT2D eigenvalue weighted by Crippen LogP contribution is -2.36. The Bertz CT molecular complexity index is 1370. The standard InChI is InChI=1S/C22H19N3O7S3/c1-32-14-8-6-13(7-9-14)23-17(26)12-25-16-5-3-2-4-15(16)18(20(25)27)19-21(28)24(22(33)34-19)10-11-35(29,30)31/h2-9H,10-12H2,1H3,(H,23,26)(H,29,30,31). The highest BCUT2D eigenvalue weighted by molar-refractivity contribution is 8.26. The van der Waals surface area contributed by atoms with Crippen LogP contribution in [0.4, 0.5) is 11.4 Å². The average Bonchev–Trinajstić information content (AvgIpc) is 3.24. The maximum Gasteiger partial charge on any atom is 0.267 e. The molecular formula is C22H19N3O7S3. The van der Waals surface area contributed by atoms with Crippen molar-refractivity contribution in [3.63, 3.8) is 0 Å². The highest BCUT2D eigenvalue weighted by Gasteiger charge is 2.42. The van der Waals surface area contributed by atoms with Gasteiger partial charge in [0, 0.05) is 17.8 Å². The van der Waals surface area contributed by atoms with Crippen LogP contribution in [0.2, 0.25) is 0 Å². The molecule has 2 heterocycles. The van der Waals surface area contributed by atoms with E-state index in [4.69, 9.17) is 21.5 Å². The fourth-order valence-corrected chi connectivity index (χ4v) is 5.42. The first kappa shape index (κ1) is 24.9. The lowest BCUT2D eigenvalue weighted by atomic mass is 10.1. The molecule has 182 valence electrons. The van der Waals surface area contributed by atoms with Crippen LogP contribution in [0.1, 0.15) is 5.56 Å². The summed E-state index contributed by atoms with van der Waals surface area (Å²) in [5.41, 5.74) is 1.53. The van der Waals surface area contributed by atoms with E-state index in [1.807, 2.05) is 0 Å². The molecule has 4 rings (SSSR count). The van der Waals surface area contributed by atoms with Crippen LogP contribution >= 0.6 is 24.0 Å². The summed E-state index contributed by atoms with van der Waals surface area (Å²) in [7, 11) is -2.78. The molecule has 2 aliphatic heterocycles. The SMILES string of the molecule is COc1ccc(NC(=O)CN2C(=O)C(=C3SC(=S)N(CCS(=O)(=O)O)C3=O)c3ccccc32)cc1. The van der Waals surface area contributed by atoms with Gasteiger partial charge in [0.15, 0.2) is 0 Å². The zero-order chi connectivity index (χ0) is 25.3. The summed E-state index contributed by atoms with van der Waals surface area (Å²) < 4.78 is 36.4. The summed E-state index contributed by atoms with van der Waals surface area (Å²) in [4.78, 5) is 41.5. The number of amides is 3. The molecule has 0 radical (unpaired) electrons. The monoisotopic (exact) mass is 533 g/mol. The fraction of sp³-hybridized carbons (Fsp3) is 0.182. The Labute approximate surface area is 210 Å². The normalized spacial score (nSPS) is 17.7. The zero-order valence-corrected chi connectivity index (χ0v) is 20.7. The van der Waals surface area contributed by atoms with Crippen LogP contribution in [0, 0.1) is 0 Å². The lowest BCUT2D eigenvalue weighted by Gasteiger charge is -2.17. The van der Waals surface area contributed by atoms with E-state index in [0.29, 0.717) is 22.7 Å². The Morgan fingerprint density at radius 2 is 1.77 bits per heavy atom. The molecular weight excluding hydrogens is 514 g/mol. The van der Waals surface area contributed by atoms with Gasteiger partial charge in [-0.05, 0) is 30.3 Å². The van der Waals surface area contributed by atoms with Crippen molar-refractivity contribution in [2.75, 3.05) is 36.2 Å². The molecule has 1 fully saturated rings. The first-order chi connectivity index (χ1) is 16.6. The summed E-state index contributed by atoms with van der Waals surface area (Å²) in [6.45, 7) is -0.640. The van der Waals surface area contributed by atoms with Crippen LogP contribution < -0.4 is 15.0 Å². The van der Waals surface area contributed by atoms with E-state index in [2.05, 4.69) is 5.32 Å². The van der Waals surface area contributed by atoms with Crippen molar-refractivity contribution in [2.24, 2.45) is 0 Å². The molecule has 0 atom stereocenters. The van der Waals surface area contributed by atoms with Gasteiger partial charge in [-0.15, -0.1) is 0 Å². The number of carbonyl (C=O) groups is 3. The Balaban J connectivity index is 1.59. The molecule has 2 aliphatic rings. The number of thiocarbonyl (C=S) groups is 1. The minimum absolute atomic E-state index is 0.0425. The number of nitrogens with zero attached hydrogens (tertiary/aromatic N) is 2. The average molecular weight is 534 g/mol. The van der Waals surface area contributed by atoms with Crippen molar-refractivity contribution >= 4 is 73.1 Å². The molecule has 0 unspecified atom stereocenters. The van der Waals surface area contributed by atoms with E-state index in [1.54, 1.807) is 48.5 Å². The molecule has 0 aliphatic carbocycles. The quantitative estimate of drug-likeness (QED) is 0.312. The third kappa shape index (κ3) is 5.22. The number of hydrogen-bond donors (Lipinski definition) is 2. The lowest BCUT2D eigenvalue weighted by molar-refractivity contribution is -0.122. The van der Waals surface area contributed by atoms with Crippen LogP contribution in [0.25, 0.3) is 5.57 Å². The summed E-state index contributed by atoms with van der Waals surface area (Å²) >= 11 is 6.08. The zero-order valence-electron chi connectivity index (χ0n) is 18.3. The third-order valence-electron chi connectivity index (χ3n) is 5.25. The first-order valence-electron chi connectivity index (χ1n) is 10.2.